The number of carbonyl (C=O) groups is 1. The molecule has 0 aromatic carbocycles. The molecule has 0 unspecified atom stereocenters. The Bertz CT molecular complexity index is 140. The average molecular weight is 223 g/mol. The third kappa shape index (κ3) is 9.81. The Hall–Kier alpha value is -0.280. The fraction of sp³-hybridized carbons (Fsp3) is 0.900. The number of nitrogens with zero attached hydrogens (tertiary/aromatic N) is 1. The Morgan fingerprint density at radius 1 is 1.07 bits per heavy atom. The van der Waals surface area contributed by atoms with Crippen LogP contribution < -0.4 is 5.73 Å². The molecule has 0 atom stereocenters. The fourth-order valence-electron chi connectivity index (χ4n) is 1.17. The minimum absolute atomic E-state index is 0. The molecule has 4 heteroatoms. The van der Waals surface area contributed by atoms with Gasteiger partial charge in [0.15, 0.2) is 0 Å². The molecule has 0 bridgehead atoms. The number of halogens is 1. The van der Waals surface area contributed by atoms with Crippen LogP contribution in [0.2, 0.25) is 0 Å². The van der Waals surface area contributed by atoms with E-state index in [2.05, 4.69) is 0 Å². The second-order valence-corrected chi connectivity index (χ2v) is 3.59. The van der Waals surface area contributed by atoms with Crippen molar-refractivity contribution in [3.8, 4) is 0 Å². The molecule has 0 aliphatic heterocycles. The van der Waals surface area contributed by atoms with E-state index in [4.69, 9.17) is 5.73 Å². The normalized spacial score (nSPS) is 9.36. The molecule has 0 radical (unpaired) electrons. The van der Waals surface area contributed by atoms with Crippen LogP contribution in [-0.4, -0.2) is 31.4 Å². The zero-order valence-electron chi connectivity index (χ0n) is 9.29. The van der Waals surface area contributed by atoms with Gasteiger partial charge in [-0.05, 0) is 19.4 Å². The van der Waals surface area contributed by atoms with Gasteiger partial charge in [0.2, 0.25) is 5.91 Å². The van der Waals surface area contributed by atoms with E-state index in [9.17, 15) is 4.79 Å². The quantitative estimate of drug-likeness (QED) is 0.668. The predicted molar refractivity (Wildman–Crippen MR) is 62.7 cm³/mol. The van der Waals surface area contributed by atoms with E-state index >= 15 is 0 Å². The first-order valence-corrected chi connectivity index (χ1v) is 5.08. The van der Waals surface area contributed by atoms with Crippen molar-refractivity contribution in [3.05, 3.63) is 0 Å². The number of nitrogens with two attached hydrogens (primary N) is 1. The second-order valence-electron chi connectivity index (χ2n) is 3.59. The van der Waals surface area contributed by atoms with Crippen molar-refractivity contribution in [2.75, 3.05) is 20.6 Å². The van der Waals surface area contributed by atoms with Gasteiger partial charge in [-0.15, -0.1) is 12.4 Å². The zero-order chi connectivity index (χ0) is 10.1. The summed E-state index contributed by atoms with van der Waals surface area (Å²) in [5.41, 5.74) is 5.37. The molecule has 86 valence electrons. The van der Waals surface area contributed by atoms with Crippen LogP contribution in [0.15, 0.2) is 0 Å². The van der Waals surface area contributed by atoms with E-state index < -0.39 is 0 Å². The predicted octanol–water partition coefficient (Wildman–Crippen LogP) is 1.80. The lowest BCUT2D eigenvalue weighted by molar-refractivity contribution is -0.128. The topological polar surface area (TPSA) is 46.3 Å². The number of hydrogen-bond acceptors (Lipinski definition) is 2. The van der Waals surface area contributed by atoms with E-state index in [-0.39, 0.29) is 18.3 Å². The summed E-state index contributed by atoms with van der Waals surface area (Å²) < 4.78 is 0. The Morgan fingerprint density at radius 2 is 1.57 bits per heavy atom. The summed E-state index contributed by atoms with van der Waals surface area (Å²) >= 11 is 0. The standard InChI is InChI=1S/C10H22N2O.ClH/c1-12(2)10(13)8-6-4-3-5-7-9-11;/h3-9,11H2,1-2H3;1H. The maximum absolute atomic E-state index is 11.1. The second kappa shape index (κ2) is 10.8. The molecule has 3 nitrogen and oxygen atoms in total. The van der Waals surface area contributed by atoms with Crippen molar-refractivity contribution in [3.63, 3.8) is 0 Å². The van der Waals surface area contributed by atoms with Crippen molar-refractivity contribution >= 4 is 18.3 Å². The maximum atomic E-state index is 11.1. The molecule has 0 aromatic rings. The lowest BCUT2D eigenvalue weighted by Gasteiger charge is -2.09. The summed E-state index contributed by atoms with van der Waals surface area (Å²) in [5.74, 6) is 0.235. The summed E-state index contributed by atoms with van der Waals surface area (Å²) in [7, 11) is 3.60. The maximum Gasteiger partial charge on any atom is 0.222 e. The minimum Gasteiger partial charge on any atom is -0.349 e. The van der Waals surface area contributed by atoms with Crippen molar-refractivity contribution in [2.24, 2.45) is 5.73 Å². The van der Waals surface area contributed by atoms with Crippen LogP contribution in [0.3, 0.4) is 0 Å². The smallest absolute Gasteiger partial charge is 0.222 e. The average Bonchev–Trinajstić information content (AvgIpc) is 2.10. The van der Waals surface area contributed by atoms with Gasteiger partial charge in [-0.25, -0.2) is 0 Å². The number of amides is 1. The third-order valence-corrected chi connectivity index (χ3v) is 2.09. The van der Waals surface area contributed by atoms with Gasteiger partial charge < -0.3 is 10.6 Å². The lowest BCUT2D eigenvalue weighted by atomic mass is 10.1. The summed E-state index contributed by atoms with van der Waals surface area (Å²) in [5, 5.41) is 0. The van der Waals surface area contributed by atoms with Crippen LogP contribution in [0.25, 0.3) is 0 Å². The Kier molecular flexibility index (Phi) is 12.5. The summed E-state index contributed by atoms with van der Waals surface area (Å²) in [6.07, 6.45) is 6.38. The summed E-state index contributed by atoms with van der Waals surface area (Å²) in [4.78, 5) is 12.8. The van der Waals surface area contributed by atoms with Gasteiger partial charge in [0, 0.05) is 20.5 Å². The van der Waals surface area contributed by atoms with Crippen LogP contribution in [0.5, 0.6) is 0 Å². The summed E-state index contributed by atoms with van der Waals surface area (Å²) in [6, 6.07) is 0. The number of hydrogen-bond donors (Lipinski definition) is 1. The number of rotatable bonds is 7. The molecule has 1 amide bonds. The van der Waals surface area contributed by atoms with Crippen molar-refractivity contribution in [1.82, 2.24) is 4.90 Å². The zero-order valence-corrected chi connectivity index (χ0v) is 10.1. The van der Waals surface area contributed by atoms with Crippen LogP contribution >= 0.6 is 12.4 Å². The van der Waals surface area contributed by atoms with Gasteiger partial charge >= 0.3 is 0 Å². The molecule has 14 heavy (non-hydrogen) atoms. The monoisotopic (exact) mass is 222 g/mol. The fourth-order valence-corrected chi connectivity index (χ4v) is 1.17. The number of unbranched alkanes of at least 4 members (excludes halogenated alkanes) is 4. The van der Waals surface area contributed by atoms with Crippen molar-refractivity contribution in [2.45, 2.75) is 38.5 Å². The molecule has 0 aromatic heterocycles. The van der Waals surface area contributed by atoms with Gasteiger partial charge in [0.25, 0.3) is 0 Å². The molecule has 0 heterocycles. The molecule has 0 saturated heterocycles. The van der Waals surface area contributed by atoms with Crippen LogP contribution in [-0.2, 0) is 4.79 Å². The molecule has 0 saturated carbocycles. The molecule has 0 fully saturated rings. The van der Waals surface area contributed by atoms with E-state index in [1.807, 2.05) is 0 Å². The first-order chi connectivity index (χ1) is 6.18. The Balaban J connectivity index is 0. The molecular weight excluding hydrogens is 200 g/mol. The Labute approximate surface area is 93.4 Å². The van der Waals surface area contributed by atoms with Gasteiger partial charge in [-0.3, -0.25) is 4.79 Å². The highest BCUT2D eigenvalue weighted by Gasteiger charge is 2.01. The summed E-state index contributed by atoms with van der Waals surface area (Å²) in [6.45, 7) is 0.788. The molecular formula is C10H23ClN2O. The highest BCUT2D eigenvalue weighted by molar-refractivity contribution is 5.85. The molecule has 0 aliphatic carbocycles. The van der Waals surface area contributed by atoms with E-state index in [0.29, 0.717) is 6.42 Å². The third-order valence-electron chi connectivity index (χ3n) is 2.09. The molecule has 0 aliphatic rings. The lowest BCUT2D eigenvalue weighted by Crippen LogP contribution is -2.20. The first kappa shape index (κ1) is 16.2. The number of carbonyl (C=O) groups excluding carboxylic acids is 1. The highest BCUT2D eigenvalue weighted by Crippen LogP contribution is 2.05. The van der Waals surface area contributed by atoms with Gasteiger partial charge in [0.05, 0.1) is 0 Å². The van der Waals surface area contributed by atoms with Gasteiger partial charge in [-0.1, -0.05) is 19.3 Å². The van der Waals surface area contributed by atoms with Crippen LogP contribution in [0, 0.1) is 0 Å². The Morgan fingerprint density at radius 3 is 2.07 bits per heavy atom. The molecule has 2 N–H and O–H groups in total. The first-order valence-electron chi connectivity index (χ1n) is 5.08. The largest absolute Gasteiger partial charge is 0.349 e. The van der Waals surface area contributed by atoms with E-state index in [0.717, 1.165) is 25.8 Å². The van der Waals surface area contributed by atoms with Gasteiger partial charge in [-0.2, -0.15) is 0 Å². The SMILES string of the molecule is CN(C)C(=O)CCCCCCCN.Cl. The van der Waals surface area contributed by atoms with E-state index in [1.165, 1.54) is 12.8 Å². The van der Waals surface area contributed by atoms with E-state index in [1.54, 1.807) is 19.0 Å². The van der Waals surface area contributed by atoms with Crippen LogP contribution in [0.1, 0.15) is 38.5 Å². The molecule has 0 spiro atoms. The van der Waals surface area contributed by atoms with Crippen molar-refractivity contribution in [1.29, 1.82) is 0 Å². The van der Waals surface area contributed by atoms with Crippen LogP contribution in [0.4, 0.5) is 0 Å². The highest BCUT2D eigenvalue weighted by atomic mass is 35.5. The molecule has 0 rings (SSSR count). The van der Waals surface area contributed by atoms with Gasteiger partial charge in [0.1, 0.15) is 0 Å². The van der Waals surface area contributed by atoms with Crippen molar-refractivity contribution < 1.29 is 4.79 Å². The minimum atomic E-state index is 0.